The normalized spacial score (nSPS) is 17.8. The first kappa shape index (κ1) is 19.7. The van der Waals surface area contributed by atoms with Crippen molar-refractivity contribution in [2.45, 2.75) is 31.0 Å². The van der Waals surface area contributed by atoms with Gasteiger partial charge in [0.1, 0.15) is 10.0 Å². The molecule has 1 aromatic heterocycles. The highest BCUT2D eigenvalue weighted by molar-refractivity contribution is 7.94. The minimum absolute atomic E-state index is 0.0699. The number of anilines is 1. The molecule has 0 aliphatic carbocycles. The van der Waals surface area contributed by atoms with Crippen molar-refractivity contribution in [1.29, 1.82) is 0 Å². The van der Waals surface area contributed by atoms with Gasteiger partial charge in [-0.1, -0.05) is 13.8 Å². The second-order valence-electron chi connectivity index (χ2n) is 7.67. The standard InChI is InChI=1S/C20H20FN3O3S2/c1-20(2)9-14(11-23-19(20)25)17-3-4-18(28-17)29(26,27)24-16-8-13-10-22-6-5-12(13)7-15(16)21/h3-8,11,22,24H,9-10H2,1-2H3,(H,23,25). The number of hydrogen-bond donors (Lipinski definition) is 3. The Kier molecular flexibility index (Phi) is 4.74. The number of carbonyl (C=O) groups excluding carboxylic acids is 1. The molecule has 0 atom stereocenters. The van der Waals surface area contributed by atoms with E-state index in [-0.39, 0.29) is 15.8 Å². The Bertz CT molecular complexity index is 1160. The average molecular weight is 434 g/mol. The molecule has 2 aliphatic rings. The topological polar surface area (TPSA) is 87.3 Å². The number of hydrogen-bond acceptors (Lipinski definition) is 5. The van der Waals surface area contributed by atoms with Gasteiger partial charge in [-0.2, -0.15) is 0 Å². The van der Waals surface area contributed by atoms with Gasteiger partial charge in [0.15, 0.2) is 0 Å². The zero-order chi connectivity index (χ0) is 20.8. The maximum absolute atomic E-state index is 14.4. The van der Waals surface area contributed by atoms with Gasteiger partial charge in [0.2, 0.25) is 5.91 Å². The van der Waals surface area contributed by atoms with Crippen LogP contribution in [0.3, 0.4) is 0 Å². The van der Waals surface area contributed by atoms with Crippen molar-refractivity contribution >= 4 is 44.6 Å². The minimum Gasteiger partial charge on any atom is -0.387 e. The first-order chi connectivity index (χ1) is 13.7. The number of benzene rings is 1. The van der Waals surface area contributed by atoms with Gasteiger partial charge in [-0.25, -0.2) is 12.8 Å². The summed E-state index contributed by atoms with van der Waals surface area (Å²) in [6, 6.07) is 6.03. The van der Waals surface area contributed by atoms with Crippen LogP contribution in [0.1, 0.15) is 36.3 Å². The van der Waals surface area contributed by atoms with Crippen molar-refractivity contribution in [3.63, 3.8) is 0 Å². The third kappa shape index (κ3) is 3.79. The molecule has 2 aromatic rings. The summed E-state index contributed by atoms with van der Waals surface area (Å²) in [7, 11) is -3.94. The SMILES string of the molecule is CC1(C)CC(c2ccc(S(=O)(=O)Nc3cc4c(cc3F)C=CNC4)s2)=CNC1=O. The van der Waals surface area contributed by atoms with Crippen molar-refractivity contribution < 1.29 is 17.6 Å². The van der Waals surface area contributed by atoms with E-state index in [9.17, 15) is 17.6 Å². The van der Waals surface area contributed by atoms with Crippen molar-refractivity contribution in [1.82, 2.24) is 10.6 Å². The zero-order valence-corrected chi connectivity index (χ0v) is 17.5. The van der Waals surface area contributed by atoms with Crippen molar-refractivity contribution in [3.8, 4) is 0 Å². The van der Waals surface area contributed by atoms with Crippen LogP contribution in [0.5, 0.6) is 0 Å². The number of fused-ring (bicyclic) bond motifs is 1. The maximum atomic E-state index is 14.4. The van der Waals surface area contributed by atoms with E-state index in [1.807, 2.05) is 13.8 Å². The molecule has 0 saturated carbocycles. The molecule has 4 rings (SSSR count). The molecular weight excluding hydrogens is 413 g/mol. The predicted molar refractivity (Wildman–Crippen MR) is 112 cm³/mol. The third-order valence-electron chi connectivity index (χ3n) is 4.93. The minimum atomic E-state index is -3.94. The van der Waals surface area contributed by atoms with Gasteiger partial charge in [-0.05, 0) is 59.7 Å². The molecule has 2 aliphatic heterocycles. The summed E-state index contributed by atoms with van der Waals surface area (Å²) in [5.41, 5.74) is 1.74. The van der Waals surface area contributed by atoms with Gasteiger partial charge in [-0.15, -0.1) is 11.3 Å². The first-order valence-electron chi connectivity index (χ1n) is 9.01. The van der Waals surface area contributed by atoms with Crippen LogP contribution in [0.2, 0.25) is 0 Å². The lowest BCUT2D eigenvalue weighted by molar-refractivity contribution is -0.128. The van der Waals surface area contributed by atoms with E-state index >= 15 is 0 Å². The lowest BCUT2D eigenvalue weighted by Crippen LogP contribution is -2.37. The molecule has 0 spiro atoms. The molecule has 3 N–H and O–H groups in total. The molecular formula is C20H20FN3O3S2. The van der Waals surface area contributed by atoms with Crippen molar-refractivity contribution in [2.75, 3.05) is 4.72 Å². The molecule has 0 fully saturated rings. The van der Waals surface area contributed by atoms with Crippen LogP contribution in [0.4, 0.5) is 10.1 Å². The summed E-state index contributed by atoms with van der Waals surface area (Å²) in [4.78, 5) is 12.6. The van der Waals surface area contributed by atoms with E-state index < -0.39 is 21.3 Å². The highest BCUT2D eigenvalue weighted by Gasteiger charge is 2.32. The van der Waals surface area contributed by atoms with Crippen LogP contribution < -0.4 is 15.4 Å². The molecule has 0 unspecified atom stereocenters. The Morgan fingerprint density at radius 1 is 1.24 bits per heavy atom. The average Bonchev–Trinajstić information content (AvgIpc) is 3.15. The van der Waals surface area contributed by atoms with E-state index in [1.165, 1.54) is 18.2 Å². The molecule has 3 heterocycles. The maximum Gasteiger partial charge on any atom is 0.271 e. The van der Waals surface area contributed by atoms with Gasteiger partial charge in [0, 0.05) is 23.0 Å². The Labute approximate surface area is 172 Å². The summed E-state index contributed by atoms with van der Waals surface area (Å²) < 4.78 is 42.5. The van der Waals surface area contributed by atoms with E-state index in [0.29, 0.717) is 13.0 Å². The number of carbonyl (C=O) groups is 1. The molecule has 152 valence electrons. The largest absolute Gasteiger partial charge is 0.387 e. The quantitative estimate of drug-likeness (QED) is 0.687. The molecule has 0 bridgehead atoms. The number of nitrogens with one attached hydrogen (secondary N) is 3. The Balaban J connectivity index is 1.60. The highest BCUT2D eigenvalue weighted by atomic mass is 32.2. The molecule has 6 nitrogen and oxygen atoms in total. The van der Waals surface area contributed by atoms with Crippen LogP contribution in [0.15, 0.2) is 40.9 Å². The number of halogens is 1. The second kappa shape index (κ2) is 7.00. The fraction of sp³-hybridized carbons (Fsp3) is 0.250. The lowest BCUT2D eigenvalue weighted by Gasteiger charge is -2.28. The van der Waals surface area contributed by atoms with Gasteiger partial charge in [0.05, 0.1) is 5.69 Å². The zero-order valence-electron chi connectivity index (χ0n) is 15.9. The highest BCUT2D eigenvalue weighted by Crippen LogP contribution is 2.38. The molecule has 0 saturated heterocycles. The van der Waals surface area contributed by atoms with E-state index in [2.05, 4.69) is 15.4 Å². The molecule has 1 amide bonds. The summed E-state index contributed by atoms with van der Waals surface area (Å²) in [6.45, 7) is 4.18. The lowest BCUT2D eigenvalue weighted by atomic mass is 9.82. The Morgan fingerprint density at radius 3 is 2.79 bits per heavy atom. The summed E-state index contributed by atoms with van der Waals surface area (Å²) in [5, 5.41) is 5.74. The number of amides is 1. The van der Waals surface area contributed by atoms with E-state index in [1.54, 1.807) is 24.5 Å². The van der Waals surface area contributed by atoms with Crippen LogP contribution in [0.25, 0.3) is 11.6 Å². The van der Waals surface area contributed by atoms with Gasteiger partial charge < -0.3 is 10.6 Å². The van der Waals surface area contributed by atoms with Crippen LogP contribution >= 0.6 is 11.3 Å². The number of rotatable bonds is 4. The van der Waals surface area contributed by atoms with Crippen LogP contribution in [-0.2, 0) is 21.4 Å². The smallest absolute Gasteiger partial charge is 0.271 e. The van der Waals surface area contributed by atoms with Crippen LogP contribution in [0, 0.1) is 11.2 Å². The van der Waals surface area contributed by atoms with Gasteiger partial charge >= 0.3 is 0 Å². The first-order valence-corrected chi connectivity index (χ1v) is 11.3. The Morgan fingerprint density at radius 2 is 2.03 bits per heavy atom. The van der Waals surface area contributed by atoms with Gasteiger partial charge in [0.25, 0.3) is 10.0 Å². The summed E-state index contributed by atoms with van der Waals surface area (Å²) in [6.07, 6.45) is 5.59. The molecule has 9 heteroatoms. The summed E-state index contributed by atoms with van der Waals surface area (Å²) in [5.74, 6) is -0.699. The number of sulfonamides is 1. The molecule has 0 radical (unpaired) electrons. The second-order valence-corrected chi connectivity index (χ2v) is 10.7. The fourth-order valence-electron chi connectivity index (χ4n) is 3.28. The monoisotopic (exact) mass is 433 g/mol. The molecule has 29 heavy (non-hydrogen) atoms. The fourth-order valence-corrected chi connectivity index (χ4v) is 5.66. The van der Waals surface area contributed by atoms with Crippen molar-refractivity contribution in [3.05, 3.63) is 58.5 Å². The van der Waals surface area contributed by atoms with E-state index in [0.717, 1.165) is 32.9 Å². The number of allylic oxidation sites excluding steroid dienone is 1. The Hall–Kier alpha value is -2.65. The van der Waals surface area contributed by atoms with Crippen molar-refractivity contribution in [2.24, 2.45) is 5.41 Å². The predicted octanol–water partition coefficient (Wildman–Crippen LogP) is 3.65. The van der Waals surface area contributed by atoms with E-state index in [4.69, 9.17) is 0 Å². The third-order valence-corrected chi connectivity index (χ3v) is 7.95. The summed E-state index contributed by atoms with van der Waals surface area (Å²) >= 11 is 1.09. The molecule has 1 aromatic carbocycles. The van der Waals surface area contributed by atoms with Gasteiger partial charge in [-0.3, -0.25) is 9.52 Å². The number of thiophene rings is 1. The van der Waals surface area contributed by atoms with Crippen LogP contribution in [-0.4, -0.2) is 14.3 Å².